The number of benzene rings is 2. The zero-order chi connectivity index (χ0) is 25.1. The van der Waals surface area contributed by atoms with Crippen molar-refractivity contribution < 1.29 is 4.79 Å². The molecule has 0 aliphatic carbocycles. The average molecular weight is 533 g/mol. The quantitative estimate of drug-likeness (QED) is 0.277. The average Bonchev–Trinajstić information content (AvgIpc) is 2.81. The van der Waals surface area contributed by atoms with E-state index in [9.17, 15) is 9.59 Å². The highest BCUT2D eigenvalue weighted by atomic mass is 79.9. The number of urea groups is 1. The van der Waals surface area contributed by atoms with Crippen molar-refractivity contribution in [1.82, 2.24) is 9.97 Å². The molecule has 0 unspecified atom stereocenters. The molecule has 6 nitrogen and oxygen atoms in total. The van der Waals surface area contributed by atoms with Crippen LogP contribution in [0.15, 0.2) is 64.0 Å². The number of unbranched alkanes of at least 4 members (excludes halogenated alkanes) is 1. The zero-order valence-corrected chi connectivity index (χ0v) is 22.0. The molecule has 2 amide bonds. The minimum Gasteiger partial charge on any atom is -0.307 e. The summed E-state index contributed by atoms with van der Waals surface area (Å²) in [6.45, 7) is 8.46. The lowest BCUT2D eigenvalue weighted by molar-refractivity contribution is 0.256. The van der Waals surface area contributed by atoms with Gasteiger partial charge in [0, 0.05) is 33.9 Å². The molecule has 35 heavy (non-hydrogen) atoms. The number of hydrogen-bond acceptors (Lipinski definition) is 3. The lowest BCUT2D eigenvalue weighted by Crippen LogP contribution is -2.40. The topological polar surface area (TPSA) is 78.1 Å². The van der Waals surface area contributed by atoms with Gasteiger partial charge in [-0.2, -0.15) is 0 Å². The van der Waals surface area contributed by atoms with Crippen LogP contribution in [0.5, 0.6) is 0 Å². The minimum atomic E-state index is -0.352. The van der Waals surface area contributed by atoms with Crippen LogP contribution in [-0.2, 0) is 0 Å². The Bertz CT molecular complexity index is 1440. The number of amides is 2. The molecule has 180 valence electrons. The van der Waals surface area contributed by atoms with Crippen molar-refractivity contribution in [2.75, 3.05) is 16.8 Å². The molecule has 0 radical (unpaired) electrons. The third-order valence-corrected chi connectivity index (χ3v) is 6.53. The van der Waals surface area contributed by atoms with E-state index in [2.05, 4.69) is 38.1 Å². The Morgan fingerprint density at radius 2 is 1.83 bits per heavy atom. The second-order valence-corrected chi connectivity index (χ2v) is 9.71. The van der Waals surface area contributed by atoms with E-state index in [4.69, 9.17) is 0 Å². The van der Waals surface area contributed by atoms with Gasteiger partial charge in [-0.3, -0.25) is 9.69 Å². The first-order chi connectivity index (χ1) is 16.8. The molecule has 2 heterocycles. The maximum atomic E-state index is 13.8. The summed E-state index contributed by atoms with van der Waals surface area (Å²) in [5, 5.41) is 3.86. The van der Waals surface area contributed by atoms with Crippen LogP contribution >= 0.6 is 15.9 Å². The molecule has 0 aliphatic rings. The third kappa shape index (κ3) is 5.15. The number of aromatic amines is 1. The lowest BCUT2D eigenvalue weighted by Gasteiger charge is -2.26. The van der Waals surface area contributed by atoms with Crippen molar-refractivity contribution in [2.45, 2.75) is 40.5 Å². The van der Waals surface area contributed by atoms with Crippen molar-refractivity contribution in [3.05, 3.63) is 86.2 Å². The van der Waals surface area contributed by atoms with Crippen LogP contribution in [0.3, 0.4) is 0 Å². The van der Waals surface area contributed by atoms with Gasteiger partial charge in [0.05, 0.1) is 0 Å². The van der Waals surface area contributed by atoms with Crippen molar-refractivity contribution in [3.63, 3.8) is 0 Å². The van der Waals surface area contributed by atoms with Gasteiger partial charge in [-0.1, -0.05) is 59.1 Å². The monoisotopic (exact) mass is 532 g/mol. The SMILES string of the molecule is CCCCN(C(=O)Nc1c(C)cc(C)cc1C)c1c(-c2cccc(Br)c2)c2cccnc2[nH]c1=O. The van der Waals surface area contributed by atoms with Gasteiger partial charge in [-0.05, 0) is 68.1 Å². The predicted molar refractivity (Wildman–Crippen MR) is 147 cm³/mol. The highest BCUT2D eigenvalue weighted by Crippen LogP contribution is 2.35. The fourth-order valence-corrected chi connectivity index (χ4v) is 4.89. The summed E-state index contributed by atoms with van der Waals surface area (Å²) in [5.74, 6) is 0. The molecule has 0 bridgehead atoms. The van der Waals surface area contributed by atoms with Crippen LogP contribution in [0.4, 0.5) is 16.2 Å². The first-order valence-corrected chi connectivity index (χ1v) is 12.5. The van der Waals surface area contributed by atoms with Crippen LogP contribution in [0, 0.1) is 20.8 Å². The first kappa shape index (κ1) is 24.7. The summed E-state index contributed by atoms with van der Waals surface area (Å²) >= 11 is 3.55. The normalized spacial score (nSPS) is 11.0. The first-order valence-electron chi connectivity index (χ1n) is 11.7. The van der Waals surface area contributed by atoms with Crippen molar-refractivity contribution in [3.8, 4) is 11.1 Å². The molecular formula is C28H29BrN4O2. The number of aryl methyl sites for hydroxylation is 3. The summed E-state index contributed by atoms with van der Waals surface area (Å²) in [5.41, 5.74) is 5.83. The number of halogens is 1. The van der Waals surface area contributed by atoms with E-state index in [1.54, 1.807) is 11.1 Å². The van der Waals surface area contributed by atoms with Crippen molar-refractivity contribution >= 4 is 44.4 Å². The molecule has 0 atom stereocenters. The van der Waals surface area contributed by atoms with Gasteiger partial charge in [0.25, 0.3) is 5.56 Å². The number of rotatable bonds is 6. The number of nitrogens with one attached hydrogen (secondary N) is 2. The summed E-state index contributed by atoms with van der Waals surface area (Å²) < 4.78 is 0.883. The predicted octanol–water partition coefficient (Wildman–Crippen LogP) is 7.12. The Kier molecular flexibility index (Phi) is 7.36. The van der Waals surface area contributed by atoms with E-state index in [-0.39, 0.29) is 11.6 Å². The Labute approximate surface area is 213 Å². The Morgan fingerprint density at radius 3 is 2.51 bits per heavy atom. The number of nitrogens with zero attached hydrogens (tertiary/aromatic N) is 2. The zero-order valence-electron chi connectivity index (χ0n) is 20.4. The van der Waals surface area contributed by atoms with Crippen LogP contribution < -0.4 is 15.8 Å². The number of carbonyl (C=O) groups is 1. The second-order valence-electron chi connectivity index (χ2n) is 8.80. The highest BCUT2D eigenvalue weighted by molar-refractivity contribution is 9.10. The molecule has 0 saturated carbocycles. The Balaban J connectivity index is 1.92. The maximum Gasteiger partial charge on any atom is 0.326 e. The number of hydrogen-bond donors (Lipinski definition) is 2. The van der Waals surface area contributed by atoms with Crippen LogP contribution in [-0.4, -0.2) is 22.5 Å². The van der Waals surface area contributed by atoms with Crippen LogP contribution in [0.2, 0.25) is 0 Å². The van der Waals surface area contributed by atoms with Gasteiger partial charge in [0.1, 0.15) is 11.3 Å². The molecular weight excluding hydrogens is 504 g/mol. The molecule has 0 aliphatic heterocycles. The number of carbonyl (C=O) groups excluding carboxylic acids is 1. The third-order valence-electron chi connectivity index (χ3n) is 6.03. The van der Waals surface area contributed by atoms with E-state index in [1.165, 1.54) is 0 Å². The largest absolute Gasteiger partial charge is 0.326 e. The van der Waals surface area contributed by atoms with Gasteiger partial charge in [0.15, 0.2) is 0 Å². The number of pyridine rings is 2. The fourth-order valence-electron chi connectivity index (χ4n) is 4.49. The van der Waals surface area contributed by atoms with E-state index in [0.29, 0.717) is 23.4 Å². The van der Waals surface area contributed by atoms with Crippen molar-refractivity contribution in [2.24, 2.45) is 0 Å². The summed E-state index contributed by atoms with van der Waals surface area (Å²) in [6.07, 6.45) is 3.28. The van der Waals surface area contributed by atoms with Gasteiger partial charge in [-0.15, -0.1) is 0 Å². The molecule has 4 rings (SSSR count). The molecule has 4 aromatic rings. The maximum absolute atomic E-state index is 13.8. The van der Waals surface area contributed by atoms with Gasteiger partial charge < -0.3 is 10.3 Å². The van der Waals surface area contributed by atoms with Gasteiger partial charge in [-0.25, -0.2) is 9.78 Å². The van der Waals surface area contributed by atoms with Crippen molar-refractivity contribution in [1.29, 1.82) is 0 Å². The lowest BCUT2D eigenvalue weighted by atomic mass is 10.00. The smallest absolute Gasteiger partial charge is 0.307 e. The highest BCUT2D eigenvalue weighted by Gasteiger charge is 2.26. The van der Waals surface area contributed by atoms with E-state index in [1.807, 2.05) is 69.3 Å². The Morgan fingerprint density at radius 1 is 1.09 bits per heavy atom. The molecule has 0 fully saturated rings. The fraction of sp³-hybridized carbons (Fsp3) is 0.250. The molecule has 2 N–H and O–H groups in total. The molecule has 2 aromatic carbocycles. The molecule has 7 heteroatoms. The number of fused-ring (bicyclic) bond motifs is 1. The molecule has 0 saturated heterocycles. The van der Waals surface area contributed by atoms with E-state index < -0.39 is 0 Å². The van der Waals surface area contributed by atoms with Crippen LogP contribution in [0.25, 0.3) is 22.2 Å². The van der Waals surface area contributed by atoms with Gasteiger partial charge in [0.2, 0.25) is 0 Å². The summed E-state index contributed by atoms with van der Waals surface area (Å²) in [6, 6.07) is 15.3. The standard InChI is InChI=1S/C28H29BrN4O2/c1-5-6-13-33(28(35)31-24-18(3)14-17(2)15-19(24)4)25-23(20-9-7-10-21(29)16-20)22-11-8-12-30-26(22)32-27(25)34/h7-12,14-16H,5-6,13H2,1-4H3,(H,31,35)(H,30,32,34). The molecule has 0 spiro atoms. The summed E-state index contributed by atoms with van der Waals surface area (Å²) in [7, 11) is 0. The van der Waals surface area contributed by atoms with E-state index in [0.717, 1.165) is 50.6 Å². The van der Waals surface area contributed by atoms with E-state index >= 15 is 0 Å². The number of aromatic nitrogens is 2. The Hall–Kier alpha value is -3.45. The minimum absolute atomic E-state index is 0.317. The van der Waals surface area contributed by atoms with Crippen LogP contribution in [0.1, 0.15) is 36.5 Å². The number of H-pyrrole nitrogens is 1. The van der Waals surface area contributed by atoms with Gasteiger partial charge >= 0.3 is 6.03 Å². The molecule has 2 aromatic heterocycles. The second kappa shape index (κ2) is 10.4. The number of anilines is 2. The summed E-state index contributed by atoms with van der Waals surface area (Å²) in [4.78, 5) is 36.1.